The Morgan fingerprint density at radius 1 is 1.29 bits per heavy atom. The normalized spacial score (nSPS) is 11.0. The fourth-order valence-corrected chi connectivity index (χ4v) is 3.17. The quantitative estimate of drug-likeness (QED) is 0.590. The summed E-state index contributed by atoms with van der Waals surface area (Å²) >= 11 is 13.2. The lowest BCUT2D eigenvalue weighted by molar-refractivity contribution is 0.432. The van der Waals surface area contributed by atoms with Crippen molar-refractivity contribution in [2.24, 2.45) is 0 Å². The number of aromatic nitrogens is 2. The molecule has 0 atom stereocenters. The van der Waals surface area contributed by atoms with Gasteiger partial charge in [-0.3, -0.25) is 0 Å². The Morgan fingerprint density at radius 3 is 2.86 bits per heavy atom. The minimum Gasteiger partial charge on any atom is -0.435 e. The molecular formula is C14H9Cl2FN2OS. The van der Waals surface area contributed by atoms with Crippen LogP contribution in [0.1, 0.15) is 11.8 Å². The van der Waals surface area contributed by atoms with Crippen molar-refractivity contribution in [1.29, 1.82) is 0 Å². The molecule has 1 aromatic carbocycles. The molecule has 0 aliphatic carbocycles. The SMILES string of the molecule is CCc1cc2c(Oc3cccc(Cl)c3F)nc(Cl)nc2s1. The van der Waals surface area contributed by atoms with Gasteiger partial charge in [-0.2, -0.15) is 4.98 Å². The Balaban J connectivity index is 2.11. The summed E-state index contributed by atoms with van der Waals surface area (Å²) in [6, 6.07) is 6.46. The molecule has 3 nitrogen and oxygen atoms in total. The summed E-state index contributed by atoms with van der Waals surface area (Å²) in [4.78, 5) is 10.0. The van der Waals surface area contributed by atoms with Gasteiger partial charge in [0, 0.05) is 4.88 Å². The smallest absolute Gasteiger partial charge is 0.232 e. The molecule has 3 aromatic rings. The average molecular weight is 343 g/mol. The maximum absolute atomic E-state index is 13.9. The van der Waals surface area contributed by atoms with Gasteiger partial charge in [-0.05, 0) is 36.2 Å². The van der Waals surface area contributed by atoms with Crippen molar-refractivity contribution in [3.8, 4) is 11.6 Å². The van der Waals surface area contributed by atoms with Crippen molar-refractivity contribution in [3.63, 3.8) is 0 Å². The number of rotatable bonds is 3. The molecule has 3 rings (SSSR count). The van der Waals surface area contributed by atoms with E-state index in [2.05, 4.69) is 9.97 Å². The first kappa shape index (κ1) is 14.5. The largest absolute Gasteiger partial charge is 0.435 e. The van der Waals surface area contributed by atoms with Gasteiger partial charge < -0.3 is 4.74 Å². The summed E-state index contributed by atoms with van der Waals surface area (Å²) in [5.41, 5.74) is 0. The second-order valence-corrected chi connectivity index (χ2v) is 6.10. The number of hydrogen-bond donors (Lipinski definition) is 0. The van der Waals surface area contributed by atoms with Crippen molar-refractivity contribution >= 4 is 44.8 Å². The van der Waals surface area contributed by atoms with Crippen LogP contribution in [0.25, 0.3) is 10.2 Å². The number of benzene rings is 1. The zero-order valence-corrected chi connectivity index (χ0v) is 13.2. The molecule has 0 saturated heterocycles. The van der Waals surface area contributed by atoms with E-state index in [1.54, 1.807) is 6.07 Å². The second kappa shape index (κ2) is 5.75. The lowest BCUT2D eigenvalue weighted by Gasteiger charge is -2.07. The third-order valence-corrected chi connectivity index (χ3v) is 4.49. The summed E-state index contributed by atoms with van der Waals surface area (Å²) in [5.74, 6) is -0.405. The van der Waals surface area contributed by atoms with Gasteiger partial charge >= 0.3 is 0 Å². The van der Waals surface area contributed by atoms with Crippen molar-refractivity contribution in [3.05, 3.63) is 45.3 Å². The number of aryl methyl sites for hydroxylation is 1. The fourth-order valence-electron chi connectivity index (χ4n) is 1.84. The van der Waals surface area contributed by atoms with Gasteiger partial charge in [0.05, 0.1) is 10.4 Å². The Hall–Kier alpha value is -1.43. The molecule has 0 aliphatic rings. The zero-order valence-electron chi connectivity index (χ0n) is 10.9. The van der Waals surface area contributed by atoms with Crippen LogP contribution >= 0.6 is 34.5 Å². The predicted molar refractivity (Wildman–Crippen MR) is 83.3 cm³/mol. The van der Waals surface area contributed by atoms with E-state index in [0.29, 0.717) is 10.2 Å². The molecule has 0 fully saturated rings. The Labute approximate surface area is 134 Å². The van der Waals surface area contributed by atoms with Crippen LogP contribution in [0.5, 0.6) is 11.6 Å². The van der Waals surface area contributed by atoms with Gasteiger partial charge in [-0.1, -0.05) is 24.6 Å². The topological polar surface area (TPSA) is 35.0 Å². The first-order valence-electron chi connectivity index (χ1n) is 6.16. The van der Waals surface area contributed by atoms with E-state index in [1.165, 1.54) is 23.5 Å². The summed E-state index contributed by atoms with van der Waals surface area (Å²) in [6.45, 7) is 2.04. The summed E-state index contributed by atoms with van der Waals surface area (Å²) in [5, 5.41) is 0.758. The number of ether oxygens (including phenoxy) is 1. The van der Waals surface area contributed by atoms with Crippen LogP contribution in [0.4, 0.5) is 4.39 Å². The minimum absolute atomic E-state index is 0.00261. The lowest BCUT2D eigenvalue weighted by Crippen LogP contribution is -1.93. The molecule has 0 aliphatic heterocycles. The van der Waals surface area contributed by atoms with E-state index in [1.807, 2.05) is 13.0 Å². The maximum atomic E-state index is 13.9. The lowest BCUT2D eigenvalue weighted by atomic mass is 10.3. The fraction of sp³-hybridized carbons (Fsp3) is 0.143. The summed E-state index contributed by atoms with van der Waals surface area (Å²) in [7, 11) is 0. The molecule has 21 heavy (non-hydrogen) atoms. The van der Waals surface area contributed by atoms with Crippen LogP contribution in [0.2, 0.25) is 10.3 Å². The number of fused-ring (bicyclic) bond motifs is 1. The Kier molecular flexibility index (Phi) is 3.97. The maximum Gasteiger partial charge on any atom is 0.232 e. The van der Waals surface area contributed by atoms with Crippen LogP contribution in [0.15, 0.2) is 24.3 Å². The van der Waals surface area contributed by atoms with Crippen LogP contribution in [-0.4, -0.2) is 9.97 Å². The highest BCUT2D eigenvalue weighted by Crippen LogP contribution is 2.35. The van der Waals surface area contributed by atoms with Crippen molar-refractivity contribution in [2.45, 2.75) is 13.3 Å². The molecule has 2 aromatic heterocycles. The summed E-state index contributed by atoms with van der Waals surface area (Å²) < 4.78 is 19.5. The first-order valence-corrected chi connectivity index (χ1v) is 7.73. The van der Waals surface area contributed by atoms with Crippen molar-refractivity contribution in [1.82, 2.24) is 9.97 Å². The minimum atomic E-state index is -0.631. The van der Waals surface area contributed by atoms with Gasteiger partial charge in [0.2, 0.25) is 11.2 Å². The highest BCUT2D eigenvalue weighted by atomic mass is 35.5. The van der Waals surface area contributed by atoms with Gasteiger partial charge in [0.1, 0.15) is 4.83 Å². The summed E-state index contributed by atoms with van der Waals surface area (Å²) in [6.07, 6.45) is 0.865. The Bertz CT molecular complexity index is 822. The van der Waals surface area contributed by atoms with E-state index in [9.17, 15) is 4.39 Å². The van der Waals surface area contributed by atoms with E-state index in [-0.39, 0.29) is 21.9 Å². The first-order chi connectivity index (χ1) is 10.1. The molecule has 7 heteroatoms. The van der Waals surface area contributed by atoms with E-state index in [4.69, 9.17) is 27.9 Å². The molecule has 108 valence electrons. The molecule has 0 radical (unpaired) electrons. The van der Waals surface area contributed by atoms with Crippen molar-refractivity contribution < 1.29 is 9.13 Å². The van der Waals surface area contributed by atoms with Gasteiger partial charge in [0.25, 0.3) is 0 Å². The molecule has 0 amide bonds. The zero-order chi connectivity index (χ0) is 15.0. The van der Waals surface area contributed by atoms with Crippen LogP contribution in [-0.2, 0) is 6.42 Å². The molecular weight excluding hydrogens is 334 g/mol. The number of halogens is 3. The van der Waals surface area contributed by atoms with E-state index < -0.39 is 5.82 Å². The van der Waals surface area contributed by atoms with Crippen molar-refractivity contribution in [2.75, 3.05) is 0 Å². The molecule has 2 heterocycles. The molecule has 0 bridgehead atoms. The van der Waals surface area contributed by atoms with Gasteiger partial charge in [-0.25, -0.2) is 9.37 Å². The van der Waals surface area contributed by atoms with Gasteiger partial charge in [-0.15, -0.1) is 11.3 Å². The van der Waals surface area contributed by atoms with Gasteiger partial charge in [0.15, 0.2) is 11.6 Å². The predicted octanol–water partition coefficient (Wildman–Crippen LogP) is 5.49. The third kappa shape index (κ3) is 2.81. The molecule has 0 spiro atoms. The standard InChI is InChI=1S/C14H9Cl2FN2OS/c1-2-7-6-8-12(18-14(16)19-13(8)21-7)20-10-5-3-4-9(15)11(10)17/h3-6H,2H2,1H3. The number of hydrogen-bond acceptors (Lipinski definition) is 4. The molecule has 0 unspecified atom stereocenters. The van der Waals surface area contributed by atoms with E-state index in [0.717, 1.165) is 11.3 Å². The van der Waals surface area contributed by atoms with E-state index >= 15 is 0 Å². The van der Waals surface area contributed by atoms with Crippen LogP contribution in [0.3, 0.4) is 0 Å². The molecule has 0 saturated carbocycles. The average Bonchev–Trinajstić information content (AvgIpc) is 2.87. The number of nitrogens with zero attached hydrogens (tertiary/aromatic N) is 2. The second-order valence-electron chi connectivity index (χ2n) is 4.24. The van der Waals surface area contributed by atoms with Crippen LogP contribution in [0, 0.1) is 5.82 Å². The highest BCUT2D eigenvalue weighted by Gasteiger charge is 2.15. The number of thiophene rings is 1. The molecule has 0 N–H and O–H groups in total. The monoisotopic (exact) mass is 342 g/mol. The Morgan fingerprint density at radius 2 is 2.10 bits per heavy atom. The third-order valence-electron chi connectivity index (χ3n) is 2.85. The highest BCUT2D eigenvalue weighted by molar-refractivity contribution is 7.18. The van der Waals surface area contributed by atoms with Crippen LogP contribution < -0.4 is 4.74 Å².